The fourth-order valence-corrected chi connectivity index (χ4v) is 3.05. The Bertz CT molecular complexity index is 649. The van der Waals surface area contributed by atoms with Gasteiger partial charge in [-0.2, -0.15) is 5.26 Å². The van der Waals surface area contributed by atoms with Crippen molar-refractivity contribution >= 4 is 23.2 Å². The molecule has 0 bridgehead atoms. The van der Waals surface area contributed by atoms with E-state index in [0.29, 0.717) is 0 Å². The second kappa shape index (κ2) is 8.07. The lowest BCUT2D eigenvalue weighted by Gasteiger charge is -2.39. The van der Waals surface area contributed by atoms with Gasteiger partial charge in [0.1, 0.15) is 5.54 Å². The van der Waals surface area contributed by atoms with Crippen LogP contribution in [0.4, 0.5) is 5.69 Å². The molecule has 0 radical (unpaired) electrons. The van der Waals surface area contributed by atoms with Crippen LogP contribution in [-0.2, 0) is 4.79 Å². The molecule has 5 nitrogen and oxygen atoms in total. The third-order valence-electron chi connectivity index (χ3n) is 5.18. The molecule has 0 aliphatic carbocycles. The van der Waals surface area contributed by atoms with Crippen LogP contribution in [0, 0.1) is 17.2 Å². The topological polar surface area (TPSA) is 59.4 Å². The highest BCUT2D eigenvalue weighted by atomic mass is 35.5. The average molecular weight is 363 g/mol. The molecule has 1 aromatic rings. The van der Waals surface area contributed by atoms with Crippen molar-refractivity contribution in [2.45, 2.75) is 39.3 Å². The van der Waals surface area contributed by atoms with Crippen molar-refractivity contribution in [3.8, 4) is 6.07 Å². The molecule has 0 aromatic heterocycles. The number of hydrogen-bond acceptors (Lipinski definition) is 4. The number of carbonyl (C=O) groups excluding carboxylic acids is 1. The highest BCUT2D eigenvalue weighted by molar-refractivity contribution is 6.30. The number of anilines is 1. The van der Waals surface area contributed by atoms with Gasteiger partial charge in [-0.15, -0.1) is 0 Å². The molecule has 1 fully saturated rings. The maximum Gasteiger partial charge on any atom is 0.238 e. The first-order valence-electron chi connectivity index (χ1n) is 8.74. The summed E-state index contributed by atoms with van der Waals surface area (Å²) in [5, 5.41) is 13.0. The van der Waals surface area contributed by atoms with Crippen molar-refractivity contribution < 1.29 is 4.79 Å². The van der Waals surface area contributed by atoms with Gasteiger partial charge in [0.05, 0.1) is 12.1 Å². The summed E-state index contributed by atoms with van der Waals surface area (Å²) < 4.78 is 0. The van der Waals surface area contributed by atoms with E-state index in [4.69, 9.17) is 11.6 Å². The van der Waals surface area contributed by atoms with Gasteiger partial charge in [-0.3, -0.25) is 9.69 Å². The third kappa shape index (κ3) is 4.65. The summed E-state index contributed by atoms with van der Waals surface area (Å²) in [4.78, 5) is 17.0. The number of hydrogen-bond donors (Lipinski definition) is 1. The summed E-state index contributed by atoms with van der Waals surface area (Å²) in [6, 6.07) is 9.82. The Kier molecular flexibility index (Phi) is 6.31. The van der Waals surface area contributed by atoms with Crippen molar-refractivity contribution in [2.75, 3.05) is 31.1 Å². The van der Waals surface area contributed by atoms with Crippen molar-refractivity contribution in [3.63, 3.8) is 0 Å². The summed E-state index contributed by atoms with van der Waals surface area (Å²) in [6.07, 6.45) is 0. The molecule has 25 heavy (non-hydrogen) atoms. The second-order valence-electron chi connectivity index (χ2n) is 7.14. The number of rotatable bonds is 5. The second-order valence-corrected chi connectivity index (χ2v) is 7.57. The van der Waals surface area contributed by atoms with Crippen LogP contribution in [0.25, 0.3) is 0 Å². The average Bonchev–Trinajstić information content (AvgIpc) is 2.60. The molecule has 1 saturated heterocycles. The van der Waals surface area contributed by atoms with Crippen LogP contribution in [0.3, 0.4) is 0 Å². The van der Waals surface area contributed by atoms with Crippen molar-refractivity contribution in [3.05, 3.63) is 29.3 Å². The molecule has 0 unspecified atom stereocenters. The first-order valence-corrected chi connectivity index (χ1v) is 9.12. The number of nitrogens with one attached hydrogen (secondary N) is 1. The Morgan fingerprint density at radius 1 is 1.28 bits per heavy atom. The number of benzene rings is 1. The normalized spacial score (nSPS) is 19.2. The minimum Gasteiger partial charge on any atom is -0.369 e. The van der Waals surface area contributed by atoms with E-state index in [0.717, 1.165) is 36.9 Å². The van der Waals surface area contributed by atoms with Gasteiger partial charge in [0.2, 0.25) is 5.91 Å². The van der Waals surface area contributed by atoms with Gasteiger partial charge in [0.15, 0.2) is 0 Å². The quantitative estimate of drug-likeness (QED) is 0.874. The van der Waals surface area contributed by atoms with E-state index in [1.807, 2.05) is 39.0 Å². The molecule has 6 heteroatoms. The summed E-state index contributed by atoms with van der Waals surface area (Å²) in [5.74, 6) is -0.0396. The van der Waals surface area contributed by atoms with Gasteiger partial charge < -0.3 is 10.2 Å². The summed E-state index contributed by atoms with van der Waals surface area (Å²) in [7, 11) is 0. The largest absolute Gasteiger partial charge is 0.369 e. The molecule has 136 valence electrons. The van der Waals surface area contributed by atoms with Crippen LogP contribution in [-0.4, -0.2) is 48.6 Å². The predicted molar refractivity (Wildman–Crippen MR) is 102 cm³/mol. The van der Waals surface area contributed by atoms with E-state index >= 15 is 0 Å². The van der Waals surface area contributed by atoms with E-state index in [-0.39, 0.29) is 17.9 Å². The standard InChI is InChI=1S/C19H27ClN4O/c1-14(2)19(4,13-21)22-18(25)15(3)23-8-10-24(11-9-23)17-7-5-6-16(20)12-17/h5-7,12,14-15H,8-11H2,1-4H3,(H,22,25)/t15-,19+/m0/s1. The van der Waals surface area contributed by atoms with E-state index in [2.05, 4.69) is 27.3 Å². The fourth-order valence-electron chi connectivity index (χ4n) is 2.87. The number of nitriles is 1. The zero-order valence-electron chi connectivity index (χ0n) is 15.4. The SMILES string of the molecule is CC(C)[C@@](C)(C#N)NC(=O)[C@H](C)N1CCN(c2cccc(Cl)c2)CC1. The van der Waals surface area contributed by atoms with Crippen molar-refractivity contribution in [1.29, 1.82) is 5.26 Å². The fraction of sp³-hybridized carbons (Fsp3) is 0.579. The molecule has 1 N–H and O–H groups in total. The molecular weight excluding hydrogens is 336 g/mol. The number of piperazine rings is 1. The van der Waals surface area contributed by atoms with Crippen LogP contribution in [0.1, 0.15) is 27.7 Å². The van der Waals surface area contributed by atoms with Gasteiger partial charge >= 0.3 is 0 Å². The monoisotopic (exact) mass is 362 g/mol. The summed E-state index contributed by atoms with van der Waals surface area (Å²) in [6.45, 7) is 10.9. The minimum atomic E-state index is -0.839. The highest BCUT2D eigenvalue weighted by Gasteiger charge is 2.33. The lowest BCUT2D eigenvalue weighted by atomic mass is 9.89. The lowest BCUT2D eigenvalue weighted by Crippen LogP contribution is -2.58. The van der Waals surface area contributed by atoms with Gasteiger partial charge in [0, 0.05) is 36.9 Å². The molecule has 1 heterocycles. The first kappa shape index (κ1) is 19.6. The van der Waals surface area contributed by atoms with E-state index in [1.54, 1.807) is 6.92 Å². The summed E-state index contributed by atoms with van der Waals surface area (Å²) >= 11 is 6.07. The number of halogens is 1. The Morgan fingerprint density at radius 3 is 2.44 bits per heavy atom. The Labute approximate surface area is 155 Å². The van der Waals surface area contributed by atoms with Crippen LogP contribution in [0.5, 0.6) is 0 Å². The number of nitrogens with zero attached hydrogens (tertiary/aromatic N) is 3. The van der Waals surface area contributed by atoms with E-state index in [1.165, 1.54) is 0 Å². The molecule has 2 atom stereocenters. The predicted octanol–water partition coefficient (Wildman–Crippen LogP) is 2.90. The van der Waals surface area contributed by atoms with Gasteiger partial charge in [-0.25, -0.2) is 0 Å². The van der Waals surface area contributed by atoms with Crippen LogP contribution < -0.4 is 10.2 Å². The maximum absolute atomic E-state index is 12.6. The molecule has 1 amide bonds. The maximum atomic E-state index is 12.6. The zero-order valence-corrected chi connectivity index (χ0v) is 16.2. The Hall–Kier alpha value is -1.77. The zero-order chi connectivity index (χ0) is 18.6. The lowest BCUT2D eigenvalue weighted by molar-refractivity contribution is -0.127. The van der Waals surface area contributed by atoms with Crippen LogP contribution in [0.15, 0.2) is 24.3 Å². The Morgan fingerprint density at radius 2 is 1.92 bits per heavy atom. The molecule has 0 spiro atoms. The van der Waals surface area contributed by atoms with Crippen LogP contribution >= 0.6 is 11.6 Å². The van der Waals surface area contributed by atoms with E-state index < -0.39 is 5.54 Å². The van der Waals surface area contributed by atoms with Gasteiger partial charge in [-0.1, -0.05) is 31.5 Å². The minimum absolute atomic E-state index is 0.0494. The van der Waals surface area contributed by atoms with Crippen molar-refractivity contribution in [2.24, 2.45) is 5.92 Å². The molecular formula is C19H27ClN4O. The van der Waals surface area contributed by atoms with Crippen LogP contribution in [0.2, 0.25) is 5.02 Å². The molecule has 0 saturated carbocycles. The van der Waals surface area contributed by atoms with E-state index in [9.17, 15) is 10.1 Å². The molecule has 1 aliphatic heterocycles. The number of carbonyl (C=O) groups is 1. The highest BCUT2D eigenvalue weighted by Crippen LogP contribution is 2.22. The smallest absolute Gasteiger partial charge is 0.238 e. The number of amides is 1. The van der Waals surface area contributed by atoms with Gasteiger partial charge in [-0.05, 0) is 38.0 Å². The Balaban J connectivity index is 1.93. The molecule has 2 rings (SSSR count). The molecule has 1 aromatic carbocycles. The first-order chi connectivity index (χ1) is 11.8. The van der Waals surface area contributed by atoms with Gasteiger partial charge in [0.25, 0.3) is 0 Å². The summed E-state index contributed by atoms with van der Waals surface area (Å²) in [5.41, 5.74) is 0.273. The van der Waals surface area contributed by atoms with Crippen molar-refractivity contribution in [1.82, 2.24) is 10.2 Å². The molecule has 1 aliphatic rings. The third-order valence-corrected chi connectivity index (χ3v) is 5.42.